The third-order valence-electron chi connectivity index (χ3n) is 7.99. The maximum Gasteiger partial charge on any atom is 0.573 e. The predicted octanol–water partition coefficient (Wildman–Crippen LogP) is 7.01. The minimum absolute atomic E-state index is 0.0348. The lowest BCUT2D eigenvalue weighted by atomic mass is 9.95. The lowest BCUT2D eigenvalue weighted by molar-refractivity contribution is -0.274. The molecule has 1 unspecified atom stereocenters. The molecule has 0 spiro atoms. The van der Waals surface area contributed by atoms with Gasteiger partial charge >= 0.3 is 12.1 Å². The number of carbonyl (C=O) groups excluding carboxylic acids is 2. The van der Waals surface area contributed by atoms with Gasteiger partial charge in [-0.15, -0.1) is 13.2 Å². The van der Waals surface area contributed by atoms with Crippen molar-refractivity contribution in [2.24, 2.45) is 5.73 Å². The maximum absolute atomic E-state index is 14.5. The van der Waals surface area contributed by atoms with E-state index in [1.54, 1.807) is 18.2 Å². The number of aromatic nitrogens is 4. The molecule has 266 valence electrons. The number of benzene rings is 3. The van der Waals surface area contributed by atoms with E-state index in [2.05, 4.69) is 19.9 Å². The molecule has 1 aliphatic heterocycles. The Morgan fingerprint density at radius 2 is 1.75 bits per heavy atom. The number of alkyl halides is 5. The first kappa shape index (κ1) is 34.2. The van der Waals surface area contributed by atoms with E-state index in [1.165, 1.54) is 48.7 Å². The number of halogens is 6. The summed E-state index contributed by atoms with van der Waals surface area (Å²) < 4.78 is 83.4. The van der Waals surface area contributed by atoms with E-state index in [0.717, 1.165) is 21.6 Å². The van der Waals surface area contributed by atoms with Crippen LogP contribution >= 0.6 is 11.6 Å². The van der Waals surface area contributed by atoms with Gasteiger partial charge in [-0.3, -0.25) is 14.7 Å². The molecule has 1 aliphatic rings. The van der Waals surface area contributed by atoms with Crippen molar-refractivity contribution in [3.63, 3.8) is 0 Å². The molecule has 3 aromatic carbocycles. The number of rotatable bonds is 9. The highest BCUT2D eigenvalue weighted by Gasteiger charge is 2.45. The minimum atomic E-state index is -4.95. The topological polar surface area (TPSA) is 159 Å². The second kappa shape index (κ2) is 12.5. The summed E-state index contributed by atoms with van der Waals surface area (Å²) in [5.74, 6) is -5.95. The van der Waals surface area contributed by atoms with Crippen molar-refractivity contribution in [3.05, 3.63) is 117 Å². The van der Waals surface area contributed by atoms with E-state index < -0.39 is 48.2 Å². The van der Waals surface area contributed by atoms with Crippen LogP contribution in [0.4, 0.5) is 22.0 Å². The van der Waals surface area contributed by atoms with Gasteiger partial charge < -0.3 is 24.5 Å². The first-order valence-corrected chi connectivity index (χ1v) is 15.5. The van der Waals surface area contributed by atoms with E-state index in [0.29, 0.717) is 12.5 Å². The van der Waals surface area contributed by atoms with Gasteiger partial charge in [-0.1, -0.05) is 29.8 Å². The number of nitrogens with zero attached hydrogens (tertiary/aromatic N) is 4. The molecule has 3 N–H and O–H groups in total. The fraction of sp³-hybridized carbons (Fsp3) is 0.147. The average molecular weight is 741 g/mol. The molecule has 1 atom stereocenters. The Labute approximate surface area is 293 Å². The normalized spacial score (nSPS) is 14.6. The number of carbonyl (C=O) groups is 2. The third kappa shape index (κ3) is 6.41. The highest BCUT2D eigenvalue weighted by atomic mass is 35.5. The van der Waals surface area contributed by atoms with Crippen molar-refractivity contribution in [2.75, 3.05) is 6.54 Å². The molecule has 4 heterocycles. The van der Waals surface area contributed by atoms with Gasteiger partial charge in [0.25, 0.3) is 11.8 Å². The summed E-state index contributed by atoms with van der Waals surface area (Å²) in [4.78, 5) is 43.7. The number of hydrogen-bond acceptors (Lipinski definition) is 8. The van der Waals surface area contributed by atoms with Crippen LogP contribution in [0.5, 0.6) is 17.2 Å². The number of amides is 2. The summed E-state index contributed by atoms with van der Waals surface area (Å²) in [5, 5.41) is 6.65. The number of nitrogens with two attached hydrogens (primary N) is 1. The Hall–Kier alpha value is -6.23. The lowest BCUT2D eigenvalue weighted by Gasteiger charge is -2.28. The predicted molar refractivity (Wildman–Crippen MR) is 174 cm³/mol. The van der Waals surface area contributed by atoms with Crippen LogP contribution < -0.4 is 21.0 Å². The molecular formula is C34H22ClF5N6O6. The smallest absolute Gasteiger partial charge is 0.457 e. The molecule has 6 aromatic rings. The molecule has 52 heavy (non-hydrogen) atoms. The highest BCUT2D eigenvalue weighted by molar-refractivity contribution is 6.32. The zero-order valence-electron chi connectivity index (χ0n) is 26.4. The number of para-hydroxylation sites is 1. The van der Waals surface area contributed by atoms with Crippen molar-refractivity contribution < 1.29 is 45.4 Å². The number of aromatic amines is 1. The standard InChI is InChI=1S/C34H22ClF5N6O6/c1-33(36,37)15-45-28(16-5-7-18(8-6-16)50-19-9-10-23(21(35)14-19)52-34(38,39)40)25-26(43-44-27(25)31(45)48)20-3-2-4-22-29(20)51-32(49)46(22)24-13-17(30(41)47)11-12-42-24/h2-14,28H,15H2,1H3,(H2,41,47)(H,43,44). The molecule has 2 amide bonds. The SMILES string of the molecule is CC(F)(F)CN1C(=O)c2[nH]nc(-c3cccc4c3oc(=O)n4-c3cc(C(N)=O)ccn3)c2C1c1ccc(Oc2ccc(OC(F)(F)F)c(Cl)c2)cc1. The van der Waals surface area contributed by atoms with Crippen LogP contribution in [0.2, 0.25) is 5.02 Å². The van der Waals surface area contributed by atoms with Crippen molar-refractivity contribution in [2.45, 2.75) is 25.3 Å². The second-order valence-corrected chi connectivity index (χ2v) is 12.1. The van der Waals surface area contributed by atoms with Crippen LogP contribution in [0.25, 0.3) is 28.2 Å². The molecule has 18 heteroatoms. The maximum atomic E-state index is 14.5. The summed E-state index contributed by atoms with van der Waals surface area (Å²) in [5.41, 5.74) is 6.68. The summed E-state index contributed by atoms with van der Waals surface area (Å²) >= 11 is 5.94. The first-order chi connectivity index (χ1) is 24.6. The van der Waals surface area contributed by atoms with Crippen LogP contribution in [0.15, 0.2) is 88.2 Å². The quantitative estimate of drug-likeness (QED) is 0.150. The molecule has 0 radical (unpaired) electrons. The molecule has 0 bridgehead atoms. The molecule has 0 fully saturated rings. The molecule has 7 rings (SSSR count). The van der Waals surface area contributed by atoms with E-state index in [9.17, 15) is 36.3 Å². The highest BCUT2D eigenvalue weighted by Crippen LogP contribution is 2.45. The molecule has 0 saturated heterocycles. The zero-order valence-corrected chi connectivity index (χ0v) is 27.1. The number of pyridine rings is 1. The second-order valence-electron chi connectivity index (χ2n) is 11.7. The van der Waals surface area contributed by atoms with Crippen LogP contribution in [0.1, 0.15) is 44.9 Å². The Bertz CT molecular complexity index is 2440. The van der Waals surface area contributed by atoms with Gasteiger partial charge in [0.1, 0.15) is 34.5 Å². The van der Waals surface area contributed by atoms with Gasteiger partial charge in [0.2, 0.25) is 5.91 Å². The van der Waals surface area contributed by atoms with Gasteiger partial charge in [-0.05, 0) is 54.1 Å². The Balaban J connectivity index is 1.28. The van der Waals surface area contributed by atoms with E-state index >= 15 is 0 Å². The molecule has 12 nitrogen and oxygen atoms in total. The number of hydrogen-bond donors (Lipinski definition) is 2. The minimum Gasteiger partial charge on any atom is -0.457 e. The zero-order chi connectivity index (χ0) is 37.1. The first-order valence-electron chi connectivity index (χ1n) is 15.1. The lowest BCUT2D eigenvalue weighted by Crippen LogP contribution is -2.38. The summed E-state index contributed by atoms with van der Waals surface area (Å²) in [7, 11) is 0. The molecule has 0 saturated carbocycles. The van der Waals surface area contributed by atoms with Gasteiger partial charge in [0.15, 0.2) is 5.58 Å². The number of fused-ring (bicyclic) bond motifs is 2. The van der Waals surface area contributed by atoms with Crippen LogP contribution in [0.3, 0.4) is 0 Å². The van der Waals surface area contributed by atoms with Crippen molar-refractivity contribution in [3.8, 4) is 34.3 Å². The van der Waals surface area contributed by atoms with Gasteiger partial charge in [-0.2, -0.15) is 5.10 Å². The summed E-state index contributed by atoms with van der Waals surface area (Å²) in [6.45, 7) is -0.283. The van der Waals surface area contributed by atoms with Crippen molar-refractivity contribution >= 4 is 34.5 Å². The number of oxazole rings is 1. The monoisotopic (exact) mass is 740 g/mol. The molecular weight excluding hydrogens is 719 g/mol. The molecule has 0 aliphatic carbocycles. The van der Waals surface area contributed by atoms with Crippen LogP contribution in [-0.4, -0.2) is 55.3 Å². The number of ether oxygens (including phenoxy) is 2. The van der Waals surface area contributed by atoms with Crippen LogP contribution in [0, 0.1) is 0 Å². The fourth-order valence-corrected chi connectivity index (χ4v) is 6.16. The van der Waals surface area contributed by atoms with Crippen LogP contribution in [-0.2, 0) is 0 Å². The Kier molecular flexibility index (Phi) is 8.24. The van der Waals surface area contributed by atoms with E-state index in [4.69, 9.17) is 26.5 Å². The van der Waals surface area contributed by atoms with Crippen molar-refractivity contribution in [1.29, 1.82) is 0 Å². The fourth-order valence-electron chi connectivity index (χ4n) is 5.95. The van der Waals surface area contributed by atoms with Gasteiger partial charge in [-0.25, -0.2) is 23.1 Å². The van der Waals surface area contributed by atoms with Gasteiger partial charge in [0, 0.05) is 35.9 Å². The average Bonchev–Trinajstić information content (AvgIpc) is 3.72. The van der Waals surface area contributed by atoms with E-state index in [1.807, 2.05) is 0 Å². The number of H-pyrrole nitrogens is 1. The molecule has 3 aromatic heterocycles. The Morgan fingerprint density at radius 3 is 2.42 bits per heavy atom. The number of nitrogens with one attached hydrogen (secondary N) is 1. The van der Waals surface area contributed by atoms with E-state index in [-0.39, 0.29) is 61.5 Å². The number of primary amides is 1. The van der Waals surface area contributed by atoms with Crippen molar-refractivity contribution in [1.82, 2.24) is 24.6 Å². The third-order valence-corrected chi connectivity index (χ3v) is 8.29. The summed E-state index contributed by atoms with van der Waals surface area (Å²) in [6.07, 6.45) is -3.65. The van der Waals surface area contributed by atoms with Gasteiger partial charge in [0.05, 0.1) is 23.1 Å². The largest absolute Gasteiger partial charge is 0.573 e. The summed E-state index contributed by atoms with van der Waals surface area (Å²) in [6, 6.07) is 15.6. The Morgan fingerprint density at radius 1 is 1.02 bits per heavy atom.